The number of phenols is 1. The molecular formula is C13H16FNO3. The average molecular weight is 253 g/mol. The summed E-state index contributed by atoms with van der Waals surface area (Å²) < 4.78 is 12.8. The van der Waals surface area contributed by atoms with Gasteiger partial charge in [0.25, 0.3) is 5.91 Å². The summed E-state index contributed by atoms with van der Waals surface area (Å²) in [5.74, 6) is -1.18. The molecule has 0 bridgehead atoms. The summed E-state index contributed by atoms with van der Waals surface area (Å²) in [7, 11) is 0. The fourth-order valence-electron chi connectivity index (χ4n) is 2.22. The number of likely N-dealkylation sites (tertiary alicyclic amines) is 1. The number of carbonyl (C=O) groups is 1. The summed E-state index contributed by atoms with van der Waals surface area (Å²) in [5, 5.41) is 19.0. The molecule has 18 heavy (non-hydrogen) atoms. The molecule has 1 aromatic carbocycles. The first-order valence-electron chi connectivity index (χ1n) is 5.95. The zero-order chi connectivity index (χ0) is 13.3. The molecule has 1 fully saturated rings. The Morgan fingerprint density at radius 2 is 2.28 bits per heavy atom. The fraction of sp³-hybridized carbons (Fsp3) is 0.462. The molecule has 98 valence electrons. The van der Waals surface area contributed by atoms with Gasteiger partial charge in [0.2, 0.25) is 0 Å². The molecule has 2 N–H and O–H groups in total. The lowest BCUT2D eigenvalue weighted by atomic mass is 10.0. The maximum atomic E-state index is 12.8. The molecule has 1 heterocycles. The number of phenolic OH excluding ortho intramolecular Hbond substituents is 1. The second-order valence-corrected chi connectivity index (χ2v) is 4.70. The van der Waals surface area contributed by atoms with Gasteiger partial charge in [-0.2, -0.15) is 0 Å². The van der Waals surface area contributed by atoms with Crippen LogP contribution in [0.15, 0.2) is 18.2 Å². The molecule has 1 aliphatic heterocycles. The summed E-state index contributed by atoms with van der Waals surface area (Å²) in [6.07, 6.45) is 0.287. The van der Waals surface area contributed by atoms with Crippen LogP contribution in [0, 0.1) is 11.7 Å². The van der Waals surface area contributed by atoms with Crippen molar-refractivity contribution in [2.45, 2.75) is 19.4 Å². The van der Waals surface area contributed by atoms with E-state index in [1.807, 2.05) is 0 Å². The highest BCUT2D eigenvalue weighted by molar-refractivity contribution is 5.96. The van der Waals surface area contributed by atoms with Gasteiger partial charge in [0.1, 0.15) is 11.6 Å². The standard InChI is InChI=1S/C13H16FNO3/c1-8(16)9-4-5-15(7-9)13(18)11-3-2-10(14)6-12(11)17/h2-3,6,8-9,16-17H,4-5,7H2,1H3. The van der Waals surface area contributed by atoms with Gasteiger partial charge in [-0.3, -0.25) is 4.79 Å². The minimum Gasteiger partial charge on any atom is -0.507 e. The highest BCUT2D eigenvalue weighted by Crippen LogP contribution is 2.25. The number of aromatic hydroxyl groups is 1. The van der Waals surface area contributed by atoms with Gasteiger partial charge in [0.15, 0.2) is 0 Å². The van der Waals surface area contributed by atoms with Crippen LogP contribution in [-0.4, -0.2) is 40.2 Å². The Morgan fingerprint density at radius 1 is 1.56 bits per heavy atom. The summed E-state index contributed by atoms with van der Waals surface area (Å²) in [4.78, 5) is 13.7. The first kappa shape index (κ1) is 12.8. The Balaban J connectivity index is 2.13. The van der Waals surface area contributed by atoms with Gasteiger partial charge in [-0.1, -0.05) is 0 Å². The largest absolute Gasteiger partial charge is 0.507 e. The fourth-order valence-corrected chi connectivity index (χ4v) is 2.22. The lowest BCUT2D eigenvalue weighted by Crippen LogP contribution is -2.30. The van der Waals surface area contributed by atoms with Crippen LogP contribution in [0.1, 0.15) is 23.7 Å². The summed E-state index contributed by atoms with van der Waals surface area (Å²) in [6, 6.07) is 3.35. The van der Waals surface area contributed by atoms with Crippen molar-refractivity contribution in [2.75, 3.05) is 13.1 Å². The van der Waals surface area contributed by atoms with Crippen LogP contribution in [0.4, 0.5) is 4.39 Å². The lowest BCUT2D eigenvalue weighted by Gasteiger charge is -2.18. The SMILES string of the molecule is CC(O)C1CCN(C(=O)c2ccc(F)cc2O)C1. The molecule has 2 atom stereocenters. The van der Waals surface area contributed by atoms with Gasteiger partial charge in [0.05, 0.1) is 11.7 Å². The van der Waals surface area contributed by atoms with Gasteiger partial charge in [0, 0.05) is 25.1 Å². The van der Waals surface area contributed by atoms with Crippen molar-refractivity contribution in [3.05, 3.63) is 29.6 Å². The Morgan fingerprint density at radius 3 is 2.83 bits per heavy atom. The van der Waals surface area contributed by atoms with E-state index >= 15 is 0 Å². The van der Waals surface area contributed by atoms with Crippen molar-refractivity contribution in [3.63, 3.8) is 0 Å². The number of rotatable bonds is 2. The van der Waals surface area contributed by atoms with Crippen molar-refractivity contribution in [2.24, 2.45) is 5.92 Å². The molecule has 1 aliphatic rings. The number of nitrogens with zero attached hydrogens (tertiary/aromatic N) is 1. The van der Waals surface area contributed by atoms with E-state index in [1.54, 1.807) is 11.8 Å². The molecule has 1 aromatic rings. The van der Waals surface area contributed by atoms with Gasteiger partial charge >= 0.3 is 0 Å². The molecule has 1 saturated heterocycles. The van der Waals surface area contributed by atoms with E-state index in [4.69, 9.17) is 0 Å². The molecule has 0 aliphatic carbocycles. The first-order valence-corrected chi connectivity index (χ1v) is 5.95. The molecular weight excluding hydrogens is 237 g/mol. The number of benzene rings is 1. The molecule has 0 spiro atoms. The smallest absolute Gasteiger partial charge is 0.257 e. The van der Waals surface area contributed by atoms with Crippen LogP contribution in [0.2, 0.25) is 0 Å². The Bertz CT molecular complexity index is 462. The number of aliphatic hydroxyl groups is 1. The number of amides is 1. The van der Waals surface area contributed by atoms with Gasteiger partial charge in [-0.25, -0.2) is 4.39 Å². The quantitative estimate of drug-likeness (QED) is 0.837. The van der Waals surface area contributed by atoms with Crippen molar-refractivity contribution in [3.8, 4) is 5.75 Å². The van der Waals surface area contributed by atoms with Crippen molar-refractivity contribution >= 4 is 5.91 Å². The summed E-state index contributed by atoms with van der Waals surface area (Å²) in [6.45, 7) is 2.71. The van der Waals surface area contributed by atoms with E-state index in [1.165, 1.54) is 6.07 Å². The number of hydrogen-bond donors (Lipinski definition) is 2. The van der Waals surface area contributed by atoms with E-state index in [2.05, 4.69) is 0 Å². The predicted octanol–water partition coefficient (Wildman–Crippen LogP) is 1.37. The second-order valence-electron chi connectivity index (χ2n) is 4.70. The third kappa shape index (κ3) is 2.46. The zero-order valence-electron chi connectivity index (χ0n) is 10.1. The maximum Gasteiger partial charge on any atom is 0.257 e. The Hall–Kier alpha value is -1.62. The highest BCUT2D eigenvalue weighted by Gasteiger charge is 2.30. The summed E-state index contributed by atoms with van der Waals surface area (Å²) >= 11 is 0. The minimum atomic E-state index is -0.577. The van der Waals surface area contributed by atoms with Crippen LogP contribution < -0.4 is 0 Å². The van der Waals surface area contributed by atoms with Gasteiger partial charge < -0.3 is 15.1 Å². The normalized spacial score (nSPS) is 21.1. The molecule has 4 nitrogen and oxygen atoms in total. The van der Waals surface area contributed by atoms with Crippen LogP contribution >= 0.6 is 0 Å². The lowest BCUT2D eigenvalue weighted by molar-refractivity contribution is 0.0759. The molecule has 2 rings (SSSR count). The maximum absolute atomic E-state index is 12.8. The van der Waals surface area contributed by atoms with Crippen LogP contribution in [0.25, 0.3) is 0 Å². The van der Waals surface area contributed by atoms with E-state index < -0.39 is 11.9 Å². The number of aliphatic hydroxyl groups excluding tert-OH is 1. The Labute approximate surface area is 105 Å². The molecule has 0 radical (unpaired) electrons. The third-order valence-corrected chi connectivity index (χ3v) is 3.38. The second kappa shape index (κ2) is 4.94. The van der Waals surface area contributed by atoms with E-state index in [9.17, 15) is 19.4 Å². The minimum absolute atomic E-state index is 0.0662. The molecule has 2 unspecified atom stereocenters. The number of hydrogen-bond acceptors (Lipinski definition) is 3. The topological polar surface area (TPSA) is 60.8 Å². The van der Waals surface area contributed by atoms with Crippen LogP contribution in [-0.2, 0) is 0 Å². The Kier molecular flexibility index (Phi) is 3.52. The summed E-state index contributed by atoms with van der Waals surface area (Å²) in [5.41, 5.74) is 0.0997. The molecule has 0 saturated carbocycles. The van der Waals surface area contributed by atoms with E-state index in [0.717, 1.165) is 18.6 Å². The average Bonchev–Trinajstić information content (AvgIpc) is 2.77. The first-order chi connectivity index (χ1) is 8.49. The molecule has 5 heteroatoms. The number of carbonyl (C=O) groups excluding carboxylic acids is 1. The van der Waals surface area contributed by atoms with Crippen LogP contribution in [0.5, 0.6) is 5.75 Å². The van der Waals surface area contributed by atoms with Crippen molar-refractivity contribution < 1.29 is 19.4 Å². The zero-order valence-corrected chi connectivity index (χ0v) is 10.1. The van der Waals surface area contributed by atoms with E-state index in [-0.39, 0.29) is 23.1 Å². The molecule has 1 amide bonds. The monoisotopic (exact) mass is 253 g/mol. The van der Waals surface area contributed by atoms with Crippen LogP contribution in [0.3, 0.4) is 0 Å². The third-order valence-electron chi connectivity index (χ3n) is 3.38. The van der Waals surface area contributed by atoms with Gasteiger partial charge in [-0.15, -0.1) is 0 Å². The number of halogens is 1. The van der Waals surface area contributed by atoms with E-state index in [0.29, 0.717) is 13.1 Å². The highest BCUT2D eigenvalue weighted by atomic mass is 19.1. The van der Waals surface area contributed by atoms with Crippen molar-refractivity contribution in [1.82, 2.24) is 4.90 Å². The van der Waals surface area contributed by atoms with Crippen molar-refractivity contribution in [1.29, 1.82) is 0 Å². The molecule has 0 aromatic heterocycles. The van der Waals surface area contributed by atoms with Gasteiger partial charge in [-0.05, 0) is 25.5 Å². The predicted molar refractivity (Wildman–Crippen MR) is 63.8 cm³/mol.